The first kappa shape index (κ1) is 15.4. The van der Waals surface area contributed by atoms with Crippen LogP contribution in [0.2, 0.25) is 0 Å². The normalized spacial score (nSPS) is 9.91. The van der Waals surface area contributed by atoms with Crippen molar-refractivity contribution in [3.8, 4) is 0 Å². The zero-order chi connectivity index (χ0) is 16.1. The van der Waals surface area contributed by atoms with Crippen molar-refractivity contribution >= 4 is 29.0 Å². The number of carbonyl (C=O) groups excluding carboxylic acids is 3. The molecule has 2 amide bonds. The lowest BCUT2D eigenvalue weighted by atomic mass is 10.1. The number of nitrogens with one attached hydrogen (secondary N) is 2. The molecule has 2 aromatic rings. The van der Waals surface area contributed by atoms with Crippen LogP contribution in [-0.2, 0) is 4.79 Å². The Morgan fingerprint density at radius 3 is 2.05 bits per heavy atom. The Kier molecular flexibility index (Phi) is 4.68. The number of Topliss-reactive ketones (excluding diaryl/α,β-unsaturated/α-hetero) is 1. The first-order chi connectivity index (χ1) is 10.5. The van der Waals surface area contributed by atoms with E-state index in [0.29, 0.717) is 22.5 Å². The van der Waals surface area contributed by atoms with E-state index in [1.54, 1.807) is 48.5 Å². The van der Waals surface area contributed by atoms with E-state index in [9.17, 15) is 14.4 Å². The predicted octanol–water partition coefficient (Wildman–Crippen LogP) is 3.10. The Labute approximate surface area is 128 Å². The maximum Gasteiger partial charge on any atom is 0.255 e. The molecule has 0 fully saturated rings. The SMILES string of the molecule is CC(=O)Nc1cccc(C(=O)Nc2ccc(C(C)=O)cc2)c1. The van der Waals surface area contributed by atoms with Gasteiger partial charge in [-0.05, 0) is 49.4 Å². The van der Waals surface area contributed by atoms with Crippen LogP contribution in [0, 0.1) is 0 Å². The molecular weight excluding hydrogens is 280 g/mol. The van der Waals surface area contributed by atoms with E-state index in [1.165, 1.54) is 13.8 Å². The Morgan fingerprint density at radius 2 is 1.45 bits per heavy atom. The first-order valence-electron chi connectivity index (χ1n) is 6.76. The molecule has 0 heterocycles. The first-order valence-corrected chi connectivity index (χ1v) is 6.76. The fraction of sp³-hybridized carbons (Fsp3) is 0.118. The molecule has 0 aromatic heterocycles. The summed E-state index contributed by atoms with van der Waals surface area (Å²) in [6.07, 6.45) is 0. The van der Waals surface area contributed by atoms with Crippen LogP contribution in [0.1, 0.15) is 34.6 Å². The summed E-state index contributed by atoms with van der Waals surface area (Å²) in [6, 6.07) is 13.3. The number of anilines is 2. The van der Waals surface area contributed by atoms with Gasteiger partial charge in [-0.15, -0.1) is 0 Å². The number of hydrogen-bond acceptors (Lipinski definition) is 3. The quantitative estimate of drug-likeness (QED) is 0.851. The molecule has 0 saturated heterocycles. The van der Waals surface area contributed by atoms with E-state index < -0.39 is 0 Å². The average Bonchev–Trinajstić information content (AvgIpc) is 2.47. The van der Waals surface area contributed by atoms with E-state index in [2.05, 4.69) is 10.6 Å². The molecule has 0 radical (unpaired) electrons. The fourth-order valence-electron chi connectivity index (χ4n) is 1.93. The van der Waals surface area contributed by atoms with Crippen LogP contribution < -0.4 is 10.6 Å². The second kappa shape index (κ2) is 6.67. The van der Waals surface area contributed by atoms with Gasteiger partial charge in [0.05, 0.1) is 0 Å². The van der Waals surface area contributed by atoms with E-state index in [0.717, 1.165) is 0 Å². The number of carbonyl (C=O) groups is 3. The van der Waals surface area contributed by atoms with Crippen LogP contribution >= 0.6 is 0 Å². The van der Waals surface area contributed by atoms with Crippen LogP contribution in [0.15, 0.2) is 48.5 Å². The van der Waals surface area contributed by atoms with Gasteiger partial charge in [0.2, 0.25) is 5.91 Å². The average molecular weight is 296 g/mol. The maximum atomic E-state index is 12.2. The summed E-state index contributed by atoms with van der Waals surface area (Å²) in [5.74, 6) is -0.513. The molecule has 2 rings (SSSR count). The van der Waals surface area contributed by atoms with Crippen molar-refractivity contribution in [2.24, 2.45) is 0 Å². The summed E-state index contributed by atoms with van der Waals surface area (Å²) in [5.41, 5.74) is 2.18. The Balaban J connectivity index is 2.11. The third kappa shape index (κ3) is 4.02. The Morgan fingerprint density at radius 1 is 0.773 bits per heavy atom. The van der Waals surface area contributed by atoms with Crippen molar-refractivity contribution in [2.75, 3.05) is 10.6 Å². The number of benzene rings is 2. The molecule has 22 heavy (non-hydrogen) atoms. The summed E-state index contributed by atoms with van der Waals surface area (Å²) in [4.78, 5) is 34.4. The van der Waals surface area contributed by atoms with Crippen molar-refractivity contribution in [2.45, 2.75) is 13.8 Å². The smallest absolute Gasteiger partial charge is 0.255 e. The molecule has 0 aliphatic carbocycles. The molecule has 0 bridgehead atoms. The van der Waals surface area contributed by atoms with Crippen molar-refractivity contribution in [1.29, 1.82) is 0 Å². The molecule has 0 saturated carbocycles. The predicted molar refractivity (Wildman–Crippen MR) is 85.1 cm³/mol. The Hall–Kier alpha value is -2.95. The highest BCUT2D eigenvalue weighted by molar-refractivity contribution is 6.05. The largest absolute Gasteiger partial charge is 0.326 e. The van der Waals surface area contributed by atoms with Crippen LogP contribution in [-0.4, -0.2) is 17.6 Å². The highest BCUT2D eigenvalue weighted by Gasteiger charge is 2.08. The summed E-state index contributed by atoms with van der Waals surface area (Å²) < 4.78 is 0. The third-order valence-electron chi connectivity index (χ3n) is 2.99. The van der Waals surface area contributed by atoms with E-state index in [1.807, 2.05) is 0 Å². The van der Waals surface area contributed by atoms with Crippen molar-refractivity contribution in [3.05, 3.63) is 59.7 Å². The summed E-state index contributed by atoms with van der Waals surface area (Å²) in [5, 5.41) is 5.37. The zero-order valence-corrected chi connectivity index (χ0v) is 12.3. The molecule has 0 aliphatic rings. The van der Waals surface area contributed by atoms with Crippen LogP contribution in [0.4, 0.5) is 11.4 Å². The molecule has 2 N–H and O–H groups in total. The van der Waals surface area contributed by atoms with Gasteiger partial charge in [0.25, 0.3) is 5.91 Å². The minimum atomic E-state index is -0.289. The van der Waals surface area contributed by atoms with Crippen LogP contribution in [0.3, 0.4) is 0 Å². The molecule has 5 nitrogen and oxygen atoms in total. The number of hydrogen-bond donors (Lipinski definition) is 2. The van der Waals surface area contributed by atoms with Gasteiger partial charge < -0.3 is 10.6 Å². The van der Waals surface area contributed by atoms with Crippen LogP contribution in [0.25, 0.3) is 0 Å². The molecule has 0 unspecified atom stereocenters. The van der Waals surface area contributed by atoms with Gasteiger partial charge in [0, 0.05) is 29.4 Å². The molecule has 0 aliphatic heterocycles. The van der Waals surface area contributed by atoms with Crippen molar-refractivity contribution in [3.63, 3.8) is 0 Å². The van der Waals surface area contributed by atoms with Crippen molar-refractivity contribution < 1.29 is 14.4 Å². The monoisotopic (exact) mass is 296 g/mol. The maximum absolute atomic E-state index is 12.2. The van der Waals surface area contributed by atoms with E-state index in [-0.39, 0.29) is 17.6 Å². The number of rotatable bonds is 4. The molecule has 2 aromatic carbocycles. The molecule has 112 valence electrons. The van der Waals surface area contributed by atoms with Gasteiger partial charge in [0.1, 0.15) is 0 Å². The summed E-state index contributed by atoms with van der Waals surface area (Å²) >= 11 is 0. The number of ketones is 1. The van der Waals surface area contributed by atoms with Gasteiger partial charge >= 0.3 is 0 Å². The minimum absolute atomic E-state index is 0.0270. The Bertz CT molecular complexity index is 721. The lowest BCUT2D eigenvalue weighted by Crippen LogP contribution is -2.13. The van der Waals surface area contributed by atoms with Crippen LogP contribution in [0.5, 0.6) is 0 Å². The second-order valence-electron chi connectivity index (χ2n) is 4.85. The topological polar surface area (TPSA) is 75.3 Å². The minimum Gasteiger partial charge on any atom is -0.326 e. The highest BCUT2D eigenvalue weighted by Crippen LogP contribution is 2.14. The fourth-order valence-corrected chi connectivity index (χ4v) is 1.93. The second-order valence-corrected chi connectivity index (χ2v) is 4.85. The summed E-state index contributed by atoms with van der Waals surface area (Å²) in [6.45, 7) is 2.89. The van der Waals surface area contributed by atoms with Gasteiger partial charge in [-0.3, -0.25) is 14.4 Å². The lowest BCUT2D eigenvalue weighted by Gasteiger charge is -2.08. The molecule has 0 spiro atoms. The molecular formula is C17H16N2O3. The van der Waals surface area contributed by atoms with Gasteiger partial charge in [-0.2, -0.15) is 0 Å². The number of amides is 2. The lowest BCUT2D eigenvalue weighted by molar-refractivity contribution is -0.114. The van der Waals surface area contributed by atoms with Gasteiger partial charge in [-0.1, -0.05) is 6.07 Å². The third-order valence-corrected chi connectivity index (χ3v) is 2.99. The standard InChI is InChI=1S/C17H16N2O3/c1-11(20)13-6-8-15(9-7-13)19-17(22)14-4-3-5-16(10-14)18-12(2)21/h3-10H,1-2H3,(H,18,21)(H,19,22). The van der Waals surface area contributed by atoms with E-state index >= 15 is 0 Å². The van der Waals surface area contributed by atoms with Gasteiger partial charge in [-0.25, -0.2) is 0 Å². The van der Waals surface area contributed by atoms with Crippen molar-refractivity contribution in [1.82, 2.24) is 0 Å². The molecule has 5 heteroatoms. The highest BCUT2D eigenvalue weighted by atomic mass is 16.2. The van der Waals surface area contributed by atoms with E-state index in [4.69, 9.17) is 0 Å². The summed E-state index contributed by atoms with van der Waals surface area (Å²) in [7, 11) is 0. The molecule has 0 atom stereocenters. The van der Waals surface area contributed by atoms with Gasteiger partial charge in [0.15, 0.2) is 5.78 Å². The zero-order valence-electron chi connectivity index (χ0n) is 12.3.